The summed E-state index contributed by atoms with van der Waals surface area (Å²) in [5, 5.41) is 10.3. The summed E-state index contributed by atoms with van der Waals surface area (Å²) in [4.78, 5) is 2.46. The van der Waals surface area contributed by atoms with Gasteiger partial charge in [-0.25, -0.2) is 0 Å². The summed E-state index contributed by atoms with van der Waals surface area (Å²) in [6, 6.07) is 0.408. The molecule has 2 saturated carbocycles. The number of hydrogen-bond donors (Lipinski definition) is 1. The fourth-order valence-corrected chi connectivity index (χ4v) is 3.51. The Labute approximate surface area is 97.8 Å². The van der Waals surface area contributed by atoms with Crippen molar-refractivity contribution < 1.29 is 9.84 Å². The van der Waals surface area contributed by atoms with Gasteiger partial charge in [0, 0.05) is 19.1 Å². The molecule has 3 aliphatic rings. The summed E-state index contributed by atoms with van der Waals surface area (Å²) >= 11 is 0. The van der Waals surface area contributed by atoms with Crippen molar-refractivity contribution in [2.24, 2.45) is 11.8 Å². The summed E-state index contributed by atoms with van der Waals surface area (Å²) in [5.74, 6) is 1.95. The molecule has 2 aliphatic carbocycles. The number of rotatable bonds is 1. The van der Waals surface area contributed by atoms with Gasteiger partial charge in [-0.05, 0) is 43.9 Å². The molecule has 0 aromatic carbocycles. The molecule has 3 rings (SSSR count). The largest absolute Gasteiger partial charge is 0.391 e. The Morgan fingerprint density at radius 2 is 1.62 bits per heavy atom. The number of aliphatic hydroxyl groups excluding tert-OH is 1. The van der Waals surface area contributed by atoms with Gasteiger partial charge in [-0.2, -0.15) is 0 Å². The van der Waals surface area contributed by atoms with Crippen molar-refractivity contribution in [3.8, 4) is 0 Å². The van der Waals surface area contributed by atoms with E-state index in [0.29, 0.717) is 6.04 Å². The lowest BCUT2D eigenvalue weighted by Gasteiger charge is -2.38. The molecule has 3 heteroatoms. The molecule has 0 bridgehead atoms. The molecule has 0 amide bonds. The van der Waals surface area contributed by atoms with E-state index in [9.17, 15) is 5.11 Å². The quantitative estimate of drug-likeness (QED) is 0.729. The molecule has 0 aromatic heterocycles. The highest BCUT2D eigenvalue weighted by atomic mass is 16.5. The Kier molecular flexibility index (Phi) is 3.18. The topological polar surface area (TPSA) is 32.7 Å². The van der Waals surface area contributed by atoms with Crippen molar-refractivity contribution >= 4 is 0 Å². The molecule has 16 heavy (non-hydrogen) atoms. The summed E-state index contributed by atoms with van der Waals surface area (Å²) in [6.07, 6.45) is 6.14. The fraction of sp³-hybridized carbons (Fsp3) is 1.00. The maximum atomic E-state index is 10.3. The van der Waals surface area contributed by atoms with Gasteiger partial charge in [0.2, 0.25) is 0 Å². The standard InChI is InChI=1S/C13H23NO2/c15-13-4-2-11-9-10(11)1-3-12(13)14-5-7-16-8-6-14/h10-13,15H,1-9H2/t10-,11+,12+,13+/m0/s1. The van der Waals surface area contributed by atoms with E-state index in [1.807, 2.05) is 0 Å². The molecule has 1 N–H and O–H groups in total. The molecule has 0 unspecified atom stereocenters. The molecule has 0 spiro atoms. The highest BCUT2D eigenvalue weighted by Crippen LogP contribution is 2.47. The molecular formula is C13H23NO2. The van der Waals surface area contributed by atoms with Crippen LogP contribution in [-0.4, -0.2) is 48.5 Å². The van der Waals surface area contributed by atoms with Crippen LogP contribution in [-0.2, 0) is 4.74 Å². The van der Waals surface area contributed by atoms with Gasteiger partial charge in [0.25, 0.3) is 0 Å². The van der Waals surface area contributed by atoms with Crippen LogP contribution in [0.5, 0.6) is 0 Å². The summed E-state index contributed by atoms with van der Waals surface area (Å²) in [5.41, 5.74) is 0. The number of ether oxygens (including phenoxy) is 1. The zero-order chi connectivity index (χ0) is 11.0. The van der Waals surface area contributed by atoms with E-state index >= 15 is 0 Å². The molecule has 0 aromatic rings. The van der Waals surface area contributed by atoms with E-state index in [0.717, 1.165) is 44.6 Å². The van der Waals surface area contributed by atoms with Crippen molar-refractivity contribution in [1.29, 1.82) is 0 Å². The first-order valence-corrected chi connectivity index (χ1v) is 6.84. The monoisotopic (exact) mass is 225 g/mol. The van der Waals surface area contributed by atoms with Gasteiger partial charge in [0.05, 0.1) is 19.3 Å². The number of aliphatic hydroxyl groups is 1. The van der Waals surface area contributed by atoms with Crippen molar-refractivity contribution in [3.05, 3.63) is 0 Å². The minimum atomic E-state index is -0.0975. The van der Waals surface area contributed by atoms with Crippen LogP contribution in [0.2, 0.25) is 0 Å². The first-order valence-electron chi connectivity index (χ1n) is 6.84. The maximum absolute atomic E-state index is 10.3. The Morgan fingerprint density at radius 1 is 0.938 bits per heavy atom. The highest BCUT2D eigenvalue weighted by molar-refractivity contribution is 4.93. The van der Waals surface area contributed by atoms with Crippen LogP contribution in [0.4, 0.5) is 0 Å². The summed E-state index contributed by atoms with van der Waals surface area (Å²) in [6.45, 7) is 3.70. The third kappa shape index (κ3) is 2.27. The molecular weight excluding hydrogens is 202 g/mol. The van der Waals surface area contributed by atoms with Crippen LogP contribution in [0.25, 0.3) is 0 Å². The highest BCUT2D eigenvalue weighted by Gasteiger charge is 2.40. The van der Waals surface area contributed by atoms with Crippen LogP contribution in [0.15, 0.2) is 0 Å². The zero-order valence-electron chi connectivity index (χ0n) is 9.98. The van der Waals surface area contributed by atoms with Gasteiger partial charge in [-0.3, -0.25) is 4.90 Å². The molecule has 92 valence electrons. The first kappa shape index (κ1) is 11.0. The van der Waals surface area contributed by atoms with Gasteiger partial charge in [0.15, 0.2) is 0 Å². The Hall–Kier alpha value is -0.120. The second-order valence-corrected chi connectivity index (χ2v) is 5.69. The minimum absolute atomic E-state index is 0.0975. The Bertz CT molecular complexity index is 240. The van der Waals surface area contributed by atoms with Crippen LogP contribution in [0.3, 0.4) is 0 Å². The smallest absolute Gasteiger partial charge is 0.0695 e. The molecule has 4 atom stereocenters. The van der Waals surface area contributed by atoms with Crippen molar-refractivity contribution in [3.63, 3.8) is 0 Å². The number of hydrogen-bond acceptors (Lipinski definition) is 3. The number of morpholine rings is 1. The fourth-order valence-electron chi connectivity index (χ4n) is 3.51. The van der Waals surface area contributed by atoms with Crippen molar-refractivity contribution in [2.75, 3.05) is 26.3 Å². The molecule has 3 fully saturated rings. The number of nitrogens with zero attached hydrogens (tertiary/aromatic N) is 1. The van der Waals surface area contributed by atoms with E-state index in [4.69, 9.17) is 4.74 Å². The number of fused-ring (bicyclic) bond motifs is 1. The van der Waals surface area contributed by atoms with Gasteiger partial charge >= 0.3 is 0 Å². The van der Waals surface area contributed by atoms with Gasteiger partial charge in [-0.1, -0.05) is 0 Å². The van der Waals surface area contributed by atoms with E-state index in [2.05, 4.69) is 4.90 Å². The molecule has 1 saturated heterocycles. The SMILES string of the molecule is O[C@@H]1CC[C@@H]2C[C@@H]2CC[C@H]1N1CCOCC1. The van der Waals surface area contributed by atoms with Crippen LogP contribution in [0, 0.1) is 11.8 Å². The third-order valence-corrected chi connectivity index (χ3v) is 4.69. The molecule has 1 aliphatic heterocycles. The lowest BCUT2D eigenvalue weighted by molar-refractivity contribution is -0.0299. The van der Waals surface area contributed by atoms with Gasteiger partial charge in [0.1, 0.15) is 0 Å². The van der Waals surface area contributed by atoms with Crippen LogP contribution in [0.1, 0.15) is 32.1 Å². The van der Waals surface area contributed by atoms with Gasteiger partial charge in [-0.15, -0.1) is 0 Å². The normalized spacial score (nSPS) is 45.6. The average Bonchev–Trinajstić information content (AvgIpc) is 3.04. The van der Waals surface area contributed by atoms with E-state index in [1.165, 1.54) is 25.7 Å². The van der Waals surface area contributed by atoms with E-state index < -0.39 is 0 Å². The second-order valence-electron chi connectivity index (χ2n) is 5.69. The van der Waals surface area contributed by atoms with E-state index in [-0.39, 0.29) is 6.10 Å². The molecule has 3 nitrogen and oxygen atoms in total. The lowest BCUT2D eigenvalue weighted by atomic mass is 9.93. The van der Waals surface area contributed by atoms with Gasteiger partial charge < -0.3 is 9.84 Å². The lowest BCUT2D eigenvalue weighted by Crippen LogP contribution is -2.49. The maximum Gasteiger partial charge on any atom is 0.0695 e. The second kappa shape index (κ2) is 4.63. The van der Waals surface area contributed by atoms with E-state index in [1.54, 1.807) is 0 Å². The van der Waals surface area contributed by atoms with Crippen LogP contribution < -0.4 is 0 Å². The third-order valence-electron chi connectivity index (χ3n) is 4.69. The predicted octanol–water partition coefficient (Wildman–Crippen LogP) is 1.26. The summed E-state index contributed by atoms with van der Waals surface area (Å²) in [7, 11) is 0. The Balaban J connectivity index is 1.61. The molecule has 0 radical (unpaired) electrons. The summed E-state index contributed by atoms with van der Waals surface area (Å²) < 4.78 is 5.39. The minimum Gasteiger partial charge on any atom is -0.391 e. The average molecular weight is 225 g/mol. The van der Waals surface area contributed by atoms with Crippen LogP contribution >= 0.6 is 0 Å². The predicted molar refractivity (Wildman–Crippen MR) is 62.3 cm³/mol. The Morgan fingerprint density at radius 3 is 2.38 bits per heavy atom. The van der Waals surface area contributed by atoms with Crippen molar-refractivity contribution in [2.45, 2.75) is 44.2 Å². The zero-order valence-corrected chi connectivity index (χ0v) is 9.98. The molecule has 1 heterocycles. The first-order chi connectivity index (χ1) is 7.84. The van der Waals surface area contributed by atoms with Crippen molar-refractivity contribution in [1.82, 2.24) is 4.90 Å².